The normalized spacial score (nSPS) is 9.73. The van der Waals surface area contributed by atoms with E-state index in [1.165, 1.54) is 7.11 Å². The number of aromatic nitrogens is 1. The van der Waals surface area contributed by atoms with Crippen molar-refractivity contribution in [2.75, 3.05) is 7.11 Å². The van der Waals surface area contributed by atoms with Crippen LogP contribution in [0.4, 0.5) is 0 Å². The Morgan fingerprint density at radius 3 is 2.40 bits per heavy atom. The minimum absolute atomic E-state index is 0.0403. The Balaban J connectivity index is 3.45. The molecule has 0 atom stereocenters. The lowest BCUT2D eigenvalue weighted by Gasteiger charge is -2.06. The van der Waals surface area contributed by atoms with Gasteiger partial charge < -0.3 is 14.9 Å². The molecule has 0 saturated heterocycles. The van der Waals surface area contributed by atoms with Crippen LogP contribution in [-0.2, 0) is 0 Å². The lowest BCUT2D eigenvalue weighted by Crippen LogP contribution is -2.09. The van der Waals surface area contributed by atoms with Crippen LogP contribution in [0, 0.1) is 0 Å². The van der Waals surface area contributed by atoms with Gasteiger partial charge in [0.2, 0.25) is 0 Å². The first kappa shape index (κ1) is 11.3. The van der Waals surface area contributed by atoms with Crippen molar-refractivity contribution < 1.29 is 24.5 Å². The second kappa shape index (κ2) is 4.14. The molecule has 0 aliphatic heterocycles. The number of pyridine rings is 1. The molecular weight excluding hydrogens is 226 g/mol. The van der Waals surface area contributed by atoms with E-state index < -0.39 is 23.3 Å². The quantitative estimate of drug-likeness (QED) is 0.810. The van der Waals surface area contributed by atoms with Crippen LogP contribution in [0.5, 0.6) is 5.75 Å². The van der Waals surface area contributed by atoms with E-state index in [9.17, 15) is 9.59 Å². The maximum absolute atomic E-state index is 10.7. The molecule has 0 unspecified atom stereocenters. The fourth-order valence-corrected chi connectivity index (χ4v) is 1.16. The zero-order chi connectivity index (χ0) is 11.6. The van der Waals surface area contributed by atoms with Crippen molar-refractivity contribution in [3.8, 4) is 5.75 Å². The van der Waals surface area contributed by atoms with E-state index in [1.54, 1.807) is 0 Å². The Hall–Kier alpha value is -1.82. The highest BCUT2D eigenvalue weighted by Gasteiger charge is 2.19. The SMILES string of the molecule is COc1cc(C(=O)O)nc(C(=O)O)c1Cl. The number of nitrogens with zero attached hydrogens (tertiary/aromatic N) is 1. The molecule has 0 saturated carbocycles. The summed E-state index contributed by atoms with van der Waals surface area (Å²) in [4.78, 5) is 24.6. The smallest absolute Gasteiger partial charge is 0.356 e. The topological polar surface area (TPSA) is 96.7 Å². The van der Waals surface area contributed by atoms with Crippen LogP contribution < -0.4 is 4.74 Å². The molecule has 1 rings (SSSR count). The second-order valence-corrected chi connectivity index (χ2v) is 2.86. The number of carboxylic acids is 2. The van der Waals surface area contributed by atoms with Gasteiger partial charge in [0.1, 0.15) is 10.8 Å². The molecule has 7 heteroatoms. The van der Waals surface area contributed by atoms with Crippen LogP contribution in [0.1, 0.15) is 21.0 Å². The first-order valence-electron chi connectivity index (χ1n) is 3.68. The average molecular weight is 232 g/mol. The van der Waals surface area contributed by atoms with Gasteiger partial charge in [-0.25, -0.2) is 14.6 Å². The monoisotopic (exact) mass is 231 g/mol. The van der Waals surface area contributed by atoms with Crippen molar-refractivity contribution >= 4 is 23.5 Å². The number of carboxylic acid groups (broad SMARTS) is 2. The Morgan fingerprint density at radius 2 is 2.00 bits per heavy atom. The lowest BCUT2D eigenvalue weighted by molar-refractivity contribution is 0.0684. The minimum Gasteiger partial charge on any atom is -0.495 e. The van der Waals surface area contributed by atoms with Crippen LogP contribution in [0.2, 0.25) is 5.02 Å². The van der Waals surface area contributed by atoms with E-state index >= 15 is 0 Å². The summed E-state index contributed by atoms with van der Waals surface area (Å²) in [5, 5.41) is 17.1. The van der Waals surface area contributed by atoms with Gasteiger partial charge in [0.05, 0.1) is 7.11 Å². The molecule has 15 heavy (non-hydrogen) atoms. The number of hydrogen-bond donors (Lipinski definition) is 2. The molecule has 0 fully saturated rings. The Bertz CT molecular complexity index is 431. The molecule has 0 radical (unpaired) electrons. The number of ether oxygens (including phenoxy) is 1. The van der Waals surface area contributed by atoms with E-state index in [-0.39, 0.29) is 10.8 Å². The number of aromatic carboxylic acids is 2. The summed E-state index contributed by atoms with van der Waals surface area (Å²) in [5.74, 6) is -2.81. The molecule has 1 aromatic rings. The van der Waals surface area contributed by atoms with E-state index in [0.29, 0.717) is 0 Å². The van der Waals surface area contributed by atoms with Crippen LogP contribution in [0.15, 0.2) is 6.07 Å². The number of halogens is 1. The first-order valence-corrected chi connectivity index (χ1v) is 4.06. The summed E-state index contributed by atoms with van der Waals surface area (Å²) < 4.78 is 4.73. The Labute approximate surface area is 89.1 Å². The van der Waals surface area contributed by atoms with Crippen molar-refractivity contribution in [1.29, 1.82) is 0 Å². The number of carbonyl (C=O) groups is 2. The molecule has 0 amide bonds. The Kier molecular flexibility index (Phi) is 3.11. The Morgan fingerprint density at radius 1 is 1.40 bits per heavy atom. The predicted octanol–water partition coefficient (Wildman–Crippen LogP) is 1.14. The van der Waals surface area contributed by atoms with Gasteiger partial charge in [0.25, 0.3) is 0 Å². The highest BCUT2D eigenvalue weighted by Crippen LogP contribution is 2.27. The van der Waals surface area contributed by atoms with Gasteiger partial charge in [-0.05, 0) is 0 Å². The lowest BCUT2D eigenvalue weighted by atomic mass is 10.2. The summed E-state index contributed by atoms with van der Waals surface area (Å²) in [6.45, 7) is 0. The first-order chi connectivity index (χ1) is 6.97. The zero-order valence-electron chi connectivity index (χ0n) is 7.52. The highest BCUT2D eigenvalue weighted by molar-refractivity contribution is 6.34. The fourth-order valence-electron chi connectivity index (χ4n) is 0.906. The third kappa shape index (κ3) is 2.16. The van der Waals surface area contributed by atoms with Gasteiger partial charge in [-0.1, -0.05) is 11.6 Å². The van der Waals surface area contributed by atoms with E-state index in [2.05, 4.69) is 4.98 Å². The van der Waals surface area contributed by atoms with Crippen molar-refractivity contribution in [3.05, 3.63) is 22.5 Å². The summed E-state index contributed by atoms with van der Waals surface area (Å²) in [6, 6.07) is 1.05. The maximum Gasteiger partial charge on any atom is 0.356 e. The summed E-state index contributed by atoms with van der Waals surface area (Å²) in [7, 11) is 1.25. The van der Waals surface area contributed by atoms with Crippen molar-refractivity contribution in [1.82, 2.24) is 4.98 Å². The maximum atomic E-state index is 10.7. The molecule has 0 aliphatic carbocycles. The fraction of sp³-hybridized carbons (Fsp3) is 0.125. The third-order valence-corrected chi connectivity index (χ3v) is 1.93. The van der Waals surface area contributed by atoms with E-state index in [4.69, 9.17) is 26.6 Å². The molecule has 2 N–H and O–H groups in total. The largest absolute Gasteiger partial charge is 0.495 e. The third-order valence-electron chi connectivity index (χ3n) is 1.57. The molecule has 0 spiro atoms. The van der Waals surface area contributed by atoms with Crippen LogP contribution in [-0.4, -0.2) is 34.2 Å². The predicted molar refractivity (Wildman–Crippen MR) is 49.7 cm³/mol. The van der Waals surface area contributed by atoms with Crippen LogP contribution in [0.3, 0.4) is 0 Å². The van der Waals surface area contributed by atoms with Gasteiger partial charge in [0.15, 0.2) is 11.4 Å². The number of hydrogen-bond acceptors (Lipinski definition) is 4. The van der Waals surface area contributed by atoms with Crippen molar-refractivity contribution in [3.63, 3.8) is 0 Å². The van der Waals surface area contributed by atoms with Gasteiger partial charge in [-0.15, -0.1) is 0 Å². The van der Waals surface area contributed by atoms with Gasteiger partial charge in [-0.3, -0.25) is 0 Å². The van der Waals surface area contributed by atoms with Gasteiger partial charge in [-0.2, -0.15) is 0 Å². The van der Waals surface area contributed by atoms with Crippen molar-refractivity contribution in [2.24, 2.45) is 0 Å². The zero-order valence-corrected chi connectivity index (χ0v) is 8.28. The average Bonchev–Trinajstić information content (AvgIpc) is 2.17. The van der Waals surface area contributed by atoms with Crippen molar-refractivity contribution in [2.45, 2.75) is 0 Å². The summed E-state index contributed by atoms with van der Waals surface area (Å²) in [6.07, 6.45) is 0. The minimum atomic E-state index is -1.42. The molecule has 6 nitrogen and oxygen atoms in total. The summed E-state index contributed by atoms with van der Waals surface area (Å²) in [5.41, 5.74) is -0.984. The highest BCUT2D eigenvalue weighted by atomic mass is 35.5. The van der Waals surface area contributed by atoms with Gasteiger partial charge >= 0.3 is 11.9 Å². The number of methoxy groups -OCH3 is 1. The standard InChI is InChI=1S/C8H6ClNO5/c1-15-4-2-3(7(11)12)10-6(5(4)9)8(13)14/h2H,1H3,(H,11,12)(H,13,14). The molecule has 0 bridgehead atoms. The van der Waals surface area contributed by atoms with Crippen LogP contribution >= 0.6 is 11.6 Å². The molecular formula is C8H6ClNO5. The van der Waals surface area contributed by atoms with E-state index in [0.717, 1.165) is 6.07 Å². The molecule has 80 valence electrons. The molecule has 1 aromatic heterocycles. The van der Waals surface area contributed by atoms with E-state index in [1.807, 2.05) is 0 Å². The molecule has 0 aliphatic rings. The van der Waals surface area contributed by atoms with Gasteiger partial charge in [0, 0.05) is 6.07 Å². The second-order valence-electron chi connectivity index (χ2n) is 2.48. The molecule has 1 heterocycles. The molecule has 0 aromatic carbocycles. The number of rotatable bonds is 3. The van der Waals surface area contributed by atoms with Crippen LogP contribution in [0.25, 0.3) is 0 Å². The summed E-state index contributed by atoms with van der Waals surface area (Å²) >= 11 is 5.62.